The molecule has 0 unspecified atom stereocenters. The SMILES string of the molecule is COc1cc(C)c(NC(=O)C(C)(C)CCl)cc1OC. The van der Waals surface area contributed by atoms with Crippen LogP contribution in [0.4, 0.5) is 5.69 Å². The number of carbonyl (C=O) groups excluding carboxylic acids is 1. The van der Waals surface area contributed by atoms with Crippen LogP contribution in [0.1, 0.15) is 19.4 Å². The molecule has 1 amide bonds. The van der Waals surface area contributed by atoms with Gasteiger partial charge in [0.25, 0.3) is 0 Å². The van der Waals surface area contributed by atoms with Crippen LogP contribution in [0.25, 0.3) is 0 Å². The first kappa shape index (κ1) is 15.6. The monoisotopic (exact) mass is 285 g/mol. The van der Waals surface area contributed by atoms with Crippen molar-refractivity contribution < 1.29 is 14.3 Å². The van der Waals surface area contributed by atoms with Crippen LogP contribution in [0.15, 0.2) is 12.1 Å². The molecule has 1 aromatic rings. The van der Waals surface area contributed by atoms with Gasteiger partial charge in [0.1, 0.15) is 0 Å². The predicted molar refractivity (Wildman–Crippen MR) is 77.4 cm³/mol. The van der Waals surface area contributed by atoms with Gasteiger partial charge in [-0.25, -0.2) is 0 Å². The fraction of sp³-hybridized carbons (Fsp3) is 0.500. The van der Waals surface area contributed by atoms with Crippen molar-refractivity contribution in [3.63, 3.8) is 0 Å². The number of anilines is 1. The van der Waals surface area contributed by atoms with Crippen molar-refractivity contribution >= 4 is 23.2 Å². The Morgan fingerprint density at radius 3 is 2.26 bits per heavy atom. The van der Waals surface area contributed by atoms with Gasteiger partial charge in [-0.3, -0.25) is 4.79 Å². The maximum atomic E-state index is 12.1. The lowest BCUT2D eigenvalue weighted by molar-refractivity contribution is -0.122. The number of carbonyl (C=O) groups is 1. The Morgan fingerprint density at radius 1 is 1.26 bits per heavy atom. The van der Waals surface area contributed by atoms with Crippen molar-refractivity contribution in [3.8, 4) is 11.5 Å². The van der Waals surface area contributed by atoms with Crippen molar-refractivity contribution in [1.29, 1.82) is 0 Å². The summed E-state index contributed by atoms with van der Waals surface area (Å²) in [6.07, 6.45) is 0. The van der Waals surface area contributed by atoms with E-state index in [9.17, 15) is 4.79 Å². The molecule has 0 radical (unpaired) electrons. The van der Waals surface area contributed by atoms with Gasteiger partial charge in [-0.2, -0.15) is 0 Å². The third-order valence-corrected chi connectivity index (χ3v) is 3.60. The Hall–Kier alpha value is -1.42. The molecule has 0 atom stereocenters. The molecule has 0 spiro atoms. The van der Waals surface area contributed by atoms with Gasteiger partial charge in [0.15, 0.2) is 11.5 Å². The third-order valence-electron chi connectivity index (χ3n) is 2.93. The van der Waals surface area contributed by atoms with Crippen molar-refractivity contribution in [2.24, 2.45) is 5.41 Å². The average molecular weight is 286 g/mol. The molecule has 1 N–H and O–H groups in total. The molecule has 19 heavy (non-hydrogen) atoms. The fourth-order valence-electron chi connectivity index (χ4n) is 1.47. The number of rotatable bonds is 5. The zero-order chi connectivity index (χ0) is 14.6. The molecule has 0 heterocycles. The molecule has 0 saturated carbocycles. The molecule has 106 valence electrons. The summed E-state index contributed by atoms with van der Waals surface area (Å²) in [5.74, 6) is 1.34. The van der Waals surface area contributed by atoms with Crippen LogP contribution in [-0.4, -0.2) is 26.0 Å². The number of hydrogen-bond donors (Lipinski definition) is 1. The number of methoxy groups -OCH3 is 2. The highest BCUT2D eigenvalue weighted by molar-refractivity contribution is 6.20. The van der Waals surface area contributed by atoms with Crippen LogP contribution in [0, 0.1) is 12.3 Å². The summed E-state index contributed by atoms with van der Waals surface area (Å²) in [4.78, 5) is 12.1. The minimum Gasteiger partial charge on any atom is -0.493 e. The number of nitrogens with one attached hydrogen (secondary N) is 1. The van der Waals surface area contributed by atoms with Crippen molar-refractivity contribution in [2.45, 2.75) is 20.8 Å². The minimum absolute atomic E-state index is 0.127. The Kier molecular flexibility index (Phi) is 5.06. The van der Waals surface area contributed by atoms with Crippen LogP contribution >= 0.6 is 11.6 Å². The van der Waals surface area contributed by atoms with Gasteiger partial charge >= 0.3 is 0 Å². The zero-order valence-electron chi connectivity index (χ0n) is 12.0. The van der Waals surface area contributed by atoms with E-state index in [-0.39, 0.29) is 11.8 Å². The van der Waals surface area contributed by atoms with Crippen molar-refractivity contribution in [1.82, 2.24) is 0 Å². The van der Waals surface area contributed by atoms with E-state index in [0.717, 1.165) is 5.56 Å². The molecule has 5 heteroatoms. The largest absolute Gasteiger partial charge is 0.493 e. The number of benzene rings is 1. The van der Waals surface area contributed by atoms with Crippen LogP contribution in [0.2, 0.25) is 0 Å². The molecule has 1 aromatic carbocycles. The first-order valence-corrected chi connectivity index (χ1v) is 6.49. The van der Waals surface area contributed by atoms with Gasteiger partial charge in [-0.15, -0.1) is 11.6 Å². The molecule has 0 aliphatic heterocycles. The zero-order valence-corrected chi connectivity index (χ0v) is 12.7. The number of ether oxygens (including phenoxy) is 2. The predicted octanol–water partition coefficient (Wildman–Crippen LogP) is 3.22. The lowest BCUT2D eigenvalue weighted by Gasteiger charge is -2.21. The summed E-state index contributed by atoms with van der Waals surface area (Å²) in [7, 11) is 3.13. The minimum atomic E-state index is -0.624. The third kappa shape index (κ3) is 3.53. The number of aryl methyl sites for hydroxylation is 1. The van der Waals surface area contributed by atoms with Gasteiger partial charge in [-0.1, -0.05) is 0 Å². The second-order valence-corrected chi connectivity index (χ2v) is 5.26. The van der Waals surface area contributed by atoms with E-state index in [4.69, 9.17) is 21.1 Å². The van der Waals surface area contributed by atoms with Crippen molar-refractivity contribution in [2.75, 3.05) is 25.4 Å². The highest BCUT2D eigenvalue weighted by Crippen LogP contribution is 2.33. The molecular weight excluding hydrogens is 266 g/mol. The molecule has 0 bridgehead atoms. The summed E-state index contributed by atoms with van der Waals surface area (Å²) < 4.78 is 10.4. The summed E-state index contributed by atoms with van der Waals surface area (Å²) in [5.41, 5.74) is 0.971. The Bertz CT molecular complexity index is 472. The van der Waals surface area contributed by atoms with E-state index < -0.39 is 5.41 Å². The van der Waals surface area contributed by atoms with Crippen LogP contribution in [0.3, 0.4) is 0 Å². The Labute approximate surface area is 119 Å². The van der Waals surface area contributed by atoms with Gasteiger partial charge in [0.2, 0.25) is 5.91 Å². The van der Waals surface area contributed by atoms with E-state index in [1.807, 2.05) is 13.0 Å². The highest BCUT2D eigenvalue weighted by Gasteiger charge is 2.27. The number of alkyl halides is 1. The first-order valence-electron chi connectivity index (χ1n) is 5.95. The fourth-order valence-corrected chi connectivity index (χ4v) is 1.59. The summed E-state index contributed by atoms with van der Waals surface area (Å²) in [5, 5.41) is 2.87. The van der Waals surface area contributed by atoms with E-state index in [1.54, 1.807) is 34.1 Å². The highest BCUT2D eigenvalue weighted by atomic mass is 35.5. The molecule has 1 rings (SSSR count). The topological polar surface area (TPSA) is 47.6 Å². The molecule has 0 aromatic heterocycles. The van der Waals surface area contributed by atoms with Crippen LogP contribution in [0.5, 0.6) is 11.5 Å². The maximum absolute atomic E-state index is 12.1. The Balaban J connectivity index is 3.05. The summed E-state index contributed by atoms with van der Waals surface area (Å²) >= 11 is 5.79. The number of halogens is 1. The lowest BCUT2D eigenvalue weighted by Crippen LogP contribution is -2.32. The lowest BCUT2D eigenvalue weighted by atomic mass is 9.95. The second-order valence-electron chi connectivity index (χ2n) is 4.99. The second kappa shape index (κ2) is 6.15. The van der Waals surface area contributed by atoms with Gasteiger partial charge in [0.05, 0.1) is 19.6 Å². The van der Waals surface area contributed by atoms with E-state index in [0.29, 0.717) is 17.2 Å². The smallest absolute Gasteiger partial charge is 0.231 e. The molecule has 4 nitrogen and oxygen atoms in total. The number of amides is 1. The molecule has 0 fully saturated rings. The van der Waals surface area contributed by atoms with Crippen LogP contribution < -0.4 is 14.8 Å². The van der Waals surface area contributed by atoms with Gasteiger partial charge in [0, 0.05) is 17.6 Å². The van der Waals surface area contributed by atoms with Crippen molar-refractivity contribution in [3.05, 3.63) is 17.7 Å². The first-order chi connectivity index (χ1) is 8.85. The van der Waals surface area contributed by atoms with Gasteiger partial charge in [-0.05, 0) is 32.4 Å². The quantitative estimate of drug-likeness (QED) is 0.845. The van der Waals surface area contributed by atoms with Crippen LogP contribution in [-0.2, 0) is 4.79 Å². The number of hydrogen-bond acceptors (Lipinski definition) is 3. The Morgan fingerprint density at radius 2 is 1.79 bits per heavy atom. The molecule has 0 aliphatic carbocycles. The summed E-state index contributed by atoms with van der Waals surface area (Å²) in [6, 6.07) is 3.57. The molecular formula is C14H20ClNO3. The average Bonchev–Trinajstić information content (AvgIpc) is 2.40. The normalized spacial score (nSPS) is 11.1. The van der Waals surface area contributed by atoms with E-state index in [1.165, 1.54) is 0 Å². The summed E-state index contributed by atoms with van der Waals surface area (Å²) in [6.45, 7) is 5.49. The van der Waals surface area contributed by atoms with Gasteiger partial charge < -0.3 is 14.8 Å². The van der Waals surface area contributed by atoms with E-state index >= 15 is 0 Å². The molecule has 0 aliphatic rings. The van der Waals surface area contributed by atoms with E-state index in [2.05, 4.69) is 5.32 Å². The maximum Gasteiger partial charge on any atom is 0.231 e. The molecule has 0 saturated heterocycles. The standard InChI is InChI=1S/C14H20ClNO3/c1-9-6-11(18-4)12(19-5)7-10(9)16-13(17)14(2,3)8-15/h6-7H,8H2,1-5H3,(H,16,17).